The number of hydroxylamine groups is 1. The van der Waals surface area contributed by atoms with Crippen molar-refractivity contribution < 1.29 is 19.1 Å². The van der Waals surface area contributed by atoms with Gasteiger partial charge >= 0.3 is 0 Å². The molecule has 1 saturated heterocycles. The van der Waals surface area contributed by atoms with Gasteiger partial charge in [-0.1, -0.05) is 48.9 Å². The van der Waals surface area contributed by atoms with Crippen LogP contribution in [0.5, 0.6) is 0 Å². The van der Waals surface area contributed by atoms with Crippen molar-refractivity contribution in [2.75, 3.05) is 39.5 Å². The van der Waals surface area contributed by atoms with E-state index in [9.17, 15) is 4.79 Å². The number of hydrogen-bond donors (Lipinski definition) is 1. The molecule has 2 aromatic rings. The molecule has 188 valence electrons. The first kappa shape index (κ1) is 26.6. The first-order valence-electron chi connectivity index (χ1n) is 13.1. The van der Waals surface area contributed by atoms with Crippen molar-refractivity contribution in [3.05, 3.63) is 48.0 Å². The summed E-state index contributed by atoms with van der Waals surface area (Å²) in [5.41, 5.74) is 3.97. The minimum Gasteiger partial charge on any atom is -0.382 e. The Hall–Kier alpha value is -1.99. The standard InChI is InChI=1S/C28H42N2O4/c1-2-32-22-11-20-30(21-18-25-14-10-13-24-12-5-6-15-26(24)25)19-8-3-4-16-27(31)29-34-28-17-7-9-23-33-28/h5-6,10,12-15,28H,2-4,7-9,11,16-23H2,1H3,(H,29,31). The lowest BCUT2D eigenvalue weighted by Crippen LogP contribution is -2.33. The van der Waals surface area contributed by atoms with E-state index in [-0.39, 0.29) is 12.2 Å². The third-order valence-corrected chi connectivity index (χ3v) is 6.36. The van der Waals surface area contributed by atoms with Gasteiger partial charge in [-0.3, -0.25) is 4.79 Å². The molecule has 0 spiro atoms. The molecule has 3 rings (SSSR count). The van der Waals surface area contributed by atoms with Crippen LogP contribution in [-0.4, -0.2) is 56.6 Å². The van der Waals surface area contributed by atoms with Gasteiger partial charge in [-0.05, 0) is 68.3 Å². The van der Waals surface area contributed by atoms with Gasteiger partial charge in [0.1, 0.15) is 0 Å². The predicted molar refractivity (Wildman–Crippen MR) is 136 cm³/mol. The minimum absolute atomic E-state index is 0.0568. The van der Waals surface area contributed by atoms with Crippen molar-refractivity contribution in [2.45, 2.75) is 71.0 Å². The molecule has 1 N–H and O–H groups in total. The Kier molecular flexibility index (Phi) is 12.4. The van der Waals surface area contributed by atoms with E-state index in [1.54, 1.807) is 0 Å². The molecule has 0 aliphatic carbocycles. The third kappa shape index (κ3) is 9.71. The molecule has 34 heavy (non-hydrogen) atoms. The number of carbonyl (C=O) groups excluding carboxylic acids is 1. The van der Waals surface area contributed by atoms with Gasteiger partial charge in [0, 0.05) is 45.8 Å². The Balaban J connectivity index is 1.37. The largest absolute Gasteiger partial charge is 0.382 e. The second kappa shape index (κ2) is 15.8. The van der Waals surface area contributed by atoms with Crippen LogP contribution in [0.1, 0.15) is 63.9 Å². The molecule has 1 unspecified atom stereocenters. The van der Waals surface area contributed by atoms with Gasteiger partial charge in [0.25, 0.3) is 0 Å². The van der Waals surface area contributed by atoms with Crippen molar-refractivity contribution in [1.82, 2.24) is 10.4 Å². The molecule has 0 radical (unpaired) electrons. The van der Waals surface area contributed by atoms with Crippen LogP contribution in [-0.2, 0) is 25.5 Å². The molecular formula is C28H42N2O4. The maximum absolute atomic E-state index is 12.0. The lowest BCUT2D eigenvalue weighted by molar-refractivity contribution is -0.200. The van der Waals surface area contributed by atoms with Crippen molar-refractivity contribution >= 4 is 16.7 Å². The number of fused-ring (bicyclic) bond motifs is 1. The van der Waals surface area contributed by atoms with Crippen molar-refractivity contribution in [3.63, 3.8) is 0 Å². The van der Waals surface area contributed by atoms with Gasteiger partial charge in [-0.2, -0.15) is 0 Å². The van der Waals surface area contributed by atoms with Crippen LogP contribution in [0, 0.1) is 0 Å². The average Bonchev–Trinajstić information content (AvgIpc) is 2.88. The molecule has 1 atom stereocenters. The number of unbranched alkanes of at least 4 members (excludes halogenated alkanes) is 2. The molecule has 0 bridgehead atoms. The zero-order valence-electron chi connectivity index (χ0n) is 20.8. The maximum Gasteiger partial charge on any atom is 0.243 e. The summed E-state index contributed by atoms with van der Waals surface area (Å²) in [5, 5.41) is 2.66. The highest BCUT2D eigenvalue weighted by Gasteiger charge is 2.15. The fourth-order valence-electron chi connectivity index (χ4n) is 4.44. The number of nitrogens with zero attached hydrogens (tertiary/aromatic N) is 1. The smallest absolute Gasteiger partial charge is 0.243 e. The summed E-state index contributed by atoms with van der Waals surface area (Å²) in [4.78, 5) is 19.9. The van der Waals surface area contributed by atoms with E-state index in [2.05, 4.69) is 52.8 Å². The van der Waals surface area contributed by atoms with E-state index in [1.807, 2.05) is 6.92 Å². The zero-order valence-corrected chi connectivity index (χ0v) is 20.8. The highest BCUT2D eigenvalue weighted by molar-refractivity contribution is 5.85. The van der Waals surface area contributed by atoms with Crippen molar-refractivity contribution in [3.8, 4) is 0 Å². The summed E-state index contributed by atoms with van der Waals surface area (Å²) >= 11 is 0. The topological polar surface area (TPSA) is 60.0 Å². The van der Waals surface area contributed by atoms with Gasteiger partial charge in [-0.25, -0.2) is 10.3 Å². The Morgan fingerprint density at radius 1 is 1.03 bits per heavy atom. The monoisotopic (exact) mass is 470 g/mol. The fourth-order valence-corrected chi connectivity index (χ4v) is 4.44. The molecule has 1 fully saturated rings. The normalized spacial score (nSPS) is 16.2. The van der Waals surface area contributed by atoms with Crippen molar-refractivity contribution in [2.24, 2.45) is 0 Å². The Bertz CT molecular complexity index is 833. The van der Waals surface area contributed by atoms with E-state index in [0.29, 0.717) is 13.0 Å². The maximum atomic E-state index is 12.0. The number of ether oxygens (including phenoxy) is 2. The highest BCUT2D eigenvalue weighted by Crippen LogP contribution is 2.19. The zero-order chi connectivity index (χ0) is 23.8. The number of nitrogens with one attached hydrogen (secondary N) is 1. The van der Waals surface area contributed by atoms with Gasteiger partial charge in [0.15, 0.2) is 6.29 Å². The van der Waals surface area contributed by atoms with Crippen LogP contribution < -0.4 is 5.48 Å². The molecule has 2 aromatic carbocycles. The molecule has 1 aliphatic heterocycles. The van der Waals surface area contributed by atoms with Crippen LogP contribution in [0.4, 0.5) is 0 Å². The Morgan fingerprint density at radius 2 is 1.88 bits per heavy atom. The van der Waals surface area contributed by atoms with Crippen LogP contribution in [0.25, 0.3) is 10.8 Å². The van der Waals surface area contributed by atoms with Crippen LogP contribution >= 0.6 is 0 Å². The first-order chi connectivity index (χ1) is 16.8. The molecule has 6 heteroatoms. The molecule has 0 aromatic heterocycles. The van der Waals surface area contributed by atoms with E-state index in [4.69, 9.17) is 14.3 Å². The summed E-state index contributed by atoms with van der Waals surface area (Å²) < 4.78 is 11.0. The van der Waals surface area contributed by atoms with Crippen molar-refractivity contribution in [1.29, 1.82) is 0 Å². The van der Waals surface area contributed by atoms with Gasteiger partial charge in [0.2, 0.25) is 5.91 Å². The molecule has 1 aliphatic rings. The van der Waals surface area contributed by atoms with E-state index in [0.717, 1.165) is 84.2 Å². The minimum atomic E-state index is -0.287. The average molecular weight is 471 g/mol. The molecule has 6 nitrogen and oxygen atoms in total. The number of amides is 1. The van der Waals surface area contributed by atoms with Gasteiger partial charge in [-0.15, -0.1) is 0 Å². The number of rotatable bonds is 16. The van der Waals surface area contributed by atoms with E-state index >= 15 is 0 Å². The second-order valence-electron chi connectivity index (χ2n) is 9.03. The fraction of sp³-hybridized carbons (Fsp3) is 0.607. The Morgan fingerprint density at radius 3 is 2.74 bits per heavy atom. The van der Waals surface area contributed by atoms with Gasteiger partial charge < -0.3 is 14.4 Å². The third-order valence-electron chi connectivity index (χ3n) is 6.36. The lowest BCUT2D eigenvalue weighted by Gasteiger charge is -2.23. The van der Waals surface area contributed by atoms with Gasteiger partial charge in [0.05, 0.1) is 0 Å². The van der Waals surface area contributed by atoms with Crippen LogP contribution in [0.3, 0.4) is 0 Å². The number of carbonyl (C=O) groups is 1. The Labute approximate surface area is 204 Å². The van der Waals surface area contributed by atoms with Crippen LogP contribution in [0.15, 0.2) is 42.5 Å². The van der Waals surface area contributed by atoms with E-state index < -0.39 is 0 Å². The number of benzene rings is 2. The summed E-state index contributed by atoms with van der Waals surface area (Å²) in [5.74, 6) is -0.0568. The lowest BCUT2D eigenvalue weighted by atomic mass is 10.0. The van der Waals surface area contributed by atoms with Crippen LogP contribution in [0.2, 0.25) is 0 Å². The SMILES string of the molecule is CCOCCCN(CCCCCC(=O)NOC1CCCCO1)CCc1cccc2ccccc12. The number of hydrogen-bond acceptors (Lipinski definition) is 5. The summed E-state index contributed by atoms with van der Waals surface area (Å²) in [7, 11) is 0. The highest BCUT2D eigenvalue weighted by atomic mass is 16.8. The second-order valence-corrected chi connectivity index (χ2v) is 9.03. The molecule has 1 amide bonds. The van der Waals surface area contributed by atoms with E-state index in [1.165, 1.54) is 16.3 Å². The molecule has 0 saturated carbocycles. The summed E-state index contributed by atoms with van der Waals surface area (Å²) in [6, 6.07) is 15.2. The quantitative estimate of drug-likeness (QED) is 0.268. The molecular weight excluding hydrogens is 428 g/mol. The summed E-state index contributed by atoms with van der Waals surface area (Å²) in [6.45, 7) is 7.46. The predicted octanol–water partition coefficient (Wildman–Crippen LogP) is 5.25. The first-order valence-corrected chi connectivity index (χ1v) is 13.1. The molecule has 1 heterocycles. The summed E-state index contributed by atoms with van der Waals surface area (Å²) in [6.07, 6.45) is 8.28.